The lowest BCUT2D eigenvalue weighted by Gasteiger charge is -2.30. The second kappa shape index (κ2) is 8.50. The predicted octanol–water partition coefficient (Wildman–Crippen LogP) is 5.25. The van der Waals surface area contributed by atoms with Gasteiger partial charge in [-0.15, -0.1) is 0 Å². The number of hydrogen-bond acceptors (Lipinski definition) is 2. The SMILES string of the molecule is O=S(=O)(c1ccccc1)N1CCCC(=C(c2ccc(F)cc2)c2ccc(F)cc2)C1. The zero-order valence-electron chi connectivity index (χ0n) is 16.3. The van der Waals surface area contributed by atoms with E-state index in [4.69, 9.17) is 0 Å². The van der Waals surface area contributed by atoms with Gasteiger partial charge in [-0.1, -0.05) is 42.5 Å². The van der Waals surface area contributed by atoms with E-state index in [0.29, 0.717) is 19.4 Å². The molecule has 0 aromatic heterocycles. The van der Waals surface area contributed by atoms with Crippen LogP contribution in [0.3, 0.4) is 0 Å². The van der Waals surface area contributed by atoms with Crippen molar-refractivity contribution in [1.82, 2.24) is 4.31 Å². The van der Waals surface area contributed by atoms with Gasteiger partial charge >= 0.3 is 0 Å². The van der Waals surface area contributed by atoms with Crippen molar-refractivity contribution in [2.45, 2.75) is 17.7 Å². The van der Waals surface area contributed by atoms with E-state index in [0.717, 1.165) is 22.3 Å². The Hall–Kier alpha value is -2.83. The number of benzene rings is 3. The standard InChI is InChI=1S/C24H21F2NO2S/c25-21-12-8-18(9-13-21)24(19-10-14-22(26)15-11-19)20-5-4-16-27(17-20)30(28,29)23-6-2-1-3-7-23/h1-3,6-15H,4-5,16-17H2. The van der Waals surface area contributed by atoms with Gasteiger partial charge in [0.15, 0.2) is 0 Å². The van der Waals surface area contributed by atoms with Gasteiger partial charge in [0, 0.05) is 13.1 Å². The minimum absolute atomic E-state index is 0.237. The highest BCUT2D eigenvalue weighted by molar-refractivity contribution is 7.89. The number of rotatable bonds is 4. The van der Waals surface area contributed by atoms with E-state index in [-0.39, 0.29) is 23.1 Å². The van der Waals surface area contributed by atoms with Crippen LogP contribution in [-0.2, 0) is 10.0 Å². The Kier molecular flexibility index (Phi) is 5.79. The van der Waals surface area contributed by atoms with Crippen LogP contribution in [0.15, 0.2) is 89.3 Å². The van der Waals surface area contributed by atoms with Gasteiger partial charge in [-0.25, -0.2) is 17.2 Å². The Morgan fingerprint density at radius 2 is 1.30 bits per heavy atom. The van der Waals surface area contributed by atoms with Crippen LogP contribution >= 0.6 is 0 Å². The molecule has 30 heavy (non-hydrogen) atoms. The Morgan fingerprint density at radius 1 is 0.767 bits per heavy atom. The molecular formula is C24H21F2NO2S. The maximum Gasteiger partial charge on any atom is 0.243 e. The Bertz CT molecular complexity index is 1110. The minimum atomic E-state index is -3.63. The average Bonchev–Trinajstić information content (AvgIpc) is 2.77. The first-order chi connectivity index (χ1) is 14.4. The first kappa shape index (κ1) is 20.4. The fourth-order valence-corrected chi connectivity index (χ4v) is 5.29. The van der Waals surface area contributed by atoms with E-state index in [1.807, 2.05) is 0 Å². The fraction of sp³-hybridized carbons (Fsp3) is 0.167. The summed E-state index contributed by atoms with van der Waals surface area (Å²) in [5.41, 5.74) is 3.30. The lowest BCUT2D eigenvalue weighted by Crippen LogP contribution is -2.37. The molecule has 0 aliphatic carbocycles. The van der Waals surface area contributed by atoms with Gasteiger partial charge in [-0.05, 0) is 71.5 Å². The summed E-state index contributed by atoms with van der Waals surface area (Å²) in [5.74, 6) is -0.696. The van der Waals surface area contributed by atoms with Crippen LogP contribution in [-0.4, -0.2) is 25.8 Å². The molecule has 0 N–H and O–H groups in total. The van der Waals surface area contributed by atoms with Gasteiger partial charge in [0.05, 0.1) is 4.90 Å². The van der Waals surface area contributed by atoms with Crippen molar-refractivity contribution in [1.29, 1.82) is 0 Å². The molecule has 1 aliphatic heterocycles. The number of sulfonamides is 1. The molecule has 6 heteroatoms. The maximum absolute atomic E-state index is 13.5. The van der Waals surface area contributed by atoms with Crippen LogP contribution < -0.4 is 0 Å². The summed E-state index contributed by atoms with van der Waals surface area (Å²) in [4.78, 5) is 0.261. The normalized spacial score (nSPS) is 15.2. The summed E-state index contributed by atoms with van der Waals surface area (Å²) < 4.78 is 54.7. The van der Waals surface area contributed by atoms with Crippen molar-refractivity contribution in [3.63, 3.8) is 0 Å². The van der Waals surface area contributed by atoms with Crippen LogP contribution in [0.5, 0.6) is 0 Å². The van der Waals surface area contributed by atoms with Crippen LogP contribution in [0.25, 0.3) is 5.57 Å². The fourth-order valence-electron chi connectivity index (χ4n) is 3.80. The quantitative estimate of drug-likeness (QED) is 0.572. The lowest BCUT2D eigenvalue weighted by atomic mass is 9.89. The van der Waals surface area contributed by atoms with E-state index in [9.17, 15) is 17.2 Å². The number of hydrogen-bond donors (Lipinski definition) is 0. The molecule has 3 aromatic rings. The molecule has 0 radical (unpaired) electrons. The molecular weight excluding hydrogens is 404 g/mol. The molecule has 0 bridgehead atoms. The number of halogens is 2. The first-order valence-corrected chi connectivity index (χ1v) is 11.2. The third kappa shape index (κ3) is 4.20. The molecule has 0 spiro atoms. The van der Waals surface area contributed by atoms with Crippen molar-refractivity contribution in [2.24, 2.45) is 0 Å². The average molecular weight is 426 g/mol. The third-order valence-electron chi connectivity index (χ3n) is 5.25. The van der Waals surface area contributed by atoms with Gasteiger partial charge < -0.3 is 0 Å². The molecule has 3 aromatic carbocycles. The van der Waals surface area contributed by atoms with Gasteiger partial charge in [0.2, 0.25) is 10.0 Å². The van der Waals surface area contributed by atoms with Gasteiger partial charge in [-0.3, -0.25) is 0 Å². The van der Waals surface area contributed by atoms with E-state index < -0.39 is 10.0 Å². The third-order valence-corrected chi connectivity index (χ3v) is 7.11. The molecule has 0 atom stereocenters. The van der Waals surface area contributed by atoms with Crippen LogP contribution in [0.2, 0.25) is 0 Å². The first-order valence-electron chi connectivity index (χ1n) is 9.74. The summed E-state index contributed by atoms with van der Waals surface area (Å²) in [6.45, 7) is 0.669. The highest BCUT2D eigenvalue weighted by Crippen LogP contribution is 2.33. The Morgan fingerprint density at radius 3 is 1.83 bits per heavy atom. The summed E-state index contributed by atoms with van der Waals surface area (Å²) in [6.07, 6.45) is 1.39. The molecule has 1 heterocycles. The summed E-state index contributed by atoms with van der Waals surface area (Å²) in [6, 6.07) is 20.6. The highest BCUT2D eigenvalue weighted by atomic mass is 32.2. The van der Waals surface area contributed by atoms with Crippen LogP contribution in [0.4, 0.5) is 8.78 Å². The van der Waals surface area contributed by atoms with Crippen molar-refractivity contribution in [3.8, 4) is 0 Å². The largest absolute Gasteiger partial charge is 0.243 e. The topological polar surface area (TPSA) is 37.4 Å². The molecule has 0 amide bonds. The summed E-state index contributed by atoms with van der Waals surface area (Å²) in [5, 5.41) is 0. The molecule has 1 fully saturated rings. The summed E-state index contributed by atoms with van der Waals surface area (Å²) in [7, 11) is -3.63. The van der Waals surface area contributed by atoms with Gasteiger partial charge in [0.25, 0.3) is 0 Å². The maximum atomic E-state index is 13.5. The van der Waals surface area contributed by atoms with Crippen molar-refractivity contribution in [2.75, 3.05) is 13.1 Å². The highest BCUT2D eigenvalue weighted by Gasteiger charge is 2.29. The van der Waals surface area contributed by atoms with Crippen LogP contribution in [0, 0.1) is 11.6 Å². The second-order valence-corrected chi connectivity index (χ2v) is 9.19. The molecule has 3 nitrogen and oxygen atoms in total. The molecule has 4 rings (SSSR count). The second-order valence-electron chi connectivity index (χ2n) is 7.25. The smallest absolute Gasteiger partial charge is 0.207 e. The van der Waals surface area contributed by atoms with E-state index in [1.165, 1.54) is 28.6 Å². The Balaban J connectivity index is 1.79. The zero-order valence-corrected chi connectivity index (χ0v) is 17.1. The lowest BCUT2D eigenvalue weighted by molar-refractivity contribution is 0.395. The van der Waals surface area contributed by atoms with Crippen molar-refractivity contribution in [3.05, 3.63) is 107 Å². The van der Waals surface area contributed by atoms with Crippen molar-refractivity contribution < 1.29 is 17.2 Å². The minimum Gasteiger partial charge on any atom is -0.207 e. The van der Waals surface area contributed by atoms with E-state index in [2.05, 4.69) is 0 Å². The van der Waals surface area contributed by atoms with E-state index >= 15 is 0 Å². The van der Waals surface area contributed by atoms with Crippen molar-refractivity contribution >= 4 is 15.6 Å². The molecule has 1 aliphatic rings. The zero-order chi connectivity index (χ0) is 21.1. The van der Waals surface area contributed by atoms with Crippen LogP contribution in [0.1, 0.15) is 24.0 Å². The van der Waals surface area contributed by atoms with E-state index in [1.54, 1.807) is 54.6 Å². The Labute approximate surface area is 175 Å². The molecule has 0 saturated carbocycles. The van der Waals surface area contributed by atoms with Gasteiger partial charge in [0.1, 0.15) is 11.6 Å². The number of nitrogens with zero attached hydrogens (tertiary/aromatic N) is 1. The van der Waals surface area contributed by atoms with Gasteiger partial charge in [-0.2, -0.15) is 4.31 Å². The molecule has 154 valence electrons. The number of piperidine rings is 1. The molecule has 0 unspecified atom stereocenters. The summed E-state index contributed by atoms with van der Waals surface area (Å²) >= 11 is 0. The predicted molar refractivity (Wildman–Crippen MR) is 113 cm³/mol. The monoisotopic (exact) mass is 425 g/mol. The molecule has 1 saturated heterocycles.